The molecule has 1 aromatic heterocycles. The van der Waals surface area contributed by atoms with Gasteiger partial charge in [0.05, 0.1) is 10.7 Å². The van der Waals surface area contributed by atoms with Crippen molar-refractivity contribution in [3.63, 3.8) is 0 Å². The molecule has 3 rings (SSSR count). The number of thiazole rings is 1. The molecule has 1 heterocycles. The predicted octanol–water partition coefficient (Wildman–Crippen LogP) is 4.20. The van der Waals surface area contributed by atoms with Gasteiger partial charge in [-0.25, -0.2) is 9.78 Å². The van der Waals surface area contributed by atoms with Gasteiger partial charge in [0.1, 0.15) is 17.7 Å². The van der Waals surface area contributed by atoms with E-state index in [1.54, 1.807) is 0 Å². The second-order valence-electron chi connectivity index (χ2n) is 6.45. The van der Waals surface area contributed by atoms with Gasteiger partial charge in [-0.15, -0.1) is 11.3 Å². The van der Waals surface area contributed by atoms with E-state index in [1.807, 2.05) is 29.6 Å². The highest BCUT2D eigenvalue weighted by atomic mass is 35.5. The van der Waals surface area contributed by atoms with Crippen LogP contribution in [0.25, 0.3) is 10.6 Å². The number of ether oxygens (including phenoxy) is 1. The quantitative estimate of drug-likeness (QED) is 0.748. The van der Waals surface area contributed by atoms with Crippen LogP contribution in [0.5, 0.6) is 0 Å². The second-order valence-corrected chi connectivity index (χ2v) is 7.72. The molecule has 0 aliphatic heterocycles. The molecule has 26 heavy (non-hydrogen) atoms. The molecule has 5 nitrogen and oxygen atoms in total. The number of benzene rings is 1. The summed E-state index contributed by atoms with van der Waals surface area (Å²) in [5, 5.41) is 6.03. The van der Waals surface area contributed by atoms with Gasteiger partial charge in [0.15, 0.2) is 0 Å². The fourth-order valence-electron chi connectivity index (χ4n) is 3.25. The van der Waals surface area contributed by atoms with Crippen LogP contribution in [0, 0.1) is 5.92 Å². The molecule has 7 heteroatoms. The molecule has 0 radical (unpaired) electrons. The van der Waals surface area contributed by atoms with E-state index in [-0.39, 0.29) is 24.4 Å². The lowest BCUT2D eigenvalue weighted by Crippen LogP contribution is -2.45. The first-order valence-corrected chi connectivity index (χ1v) is 9.93. The Bertz CT molecular complexity index is 787. The topological polar surface area (TPSA) is 68.3 Å². The van der Waals surface area contributed by atoms with Crippen LogP contribution in [0.3, 0.4) is 0 Å². The molecule has 1 aliphatic carbocycles. The molecule has 1 aliphatic rings. The average molecular weight is 393 g/mol. The van der Waals surface area contributed by atoms with Gasteiger partial charge in [-0.1, -0.05) is 42.6 Å². The molecule has 1 N–H and O–H groups in total. The third-order valence-corrected chi connectivity index (χ3v) is 5.76. The van der Waals surface area contributed by atoms with E-state index in [0.717, 1.165) is 36.3 Å². The molecule has 2 aromatic rings. The van der Waals surface area contributed by atoms with Crippen molar-refractivity contribution in [1.82, 2.24) is 10.3 Å². The van der Waals surface area contributed by atoms with Crippen molar-refractivity contribution < 1.29 is 14.3 Å². The Morgan fingerprint density at radius 3 is 2.77 bits per heavy atom. The van der Waals surface area contributed by atoms with Crippen molar-refractivity contribution >= 4 is 34.8 Å². The van der Waals surface area contributed by atoms with Crippen LogP contribution in [0.1, 0.15) is 38.3 Å². The van der Waals surface area contributed by atoms with E-state index < -0.39 is 6.04 Å². The Morgan fingerprint density at radius 2 is 2.08 bits per heavy atom. The van der Waals surface area contributed by atoms with Crippen LogP contribution in [0.2, 0.25) is 5.02 Å². The Labute approximate surface area is 161 Å². The Morgan fingerprint density at radius 1 is 1.35 bits per heavy atom. The monoisotopic (exact) mass is 392 g/mol. The van der Waals surface area contributed by atoms with E-state index in [1.165, 1.54) is 18.3 Å². The normalized spacial score (nSPS) is 15.6. The summed E-state index contributed by atoms with van der Waals surface area (Å²) in [6.45, 7) is 1.51. The van der Waals surface area contributed by atoms with Crippen LogP contribution in [-0.2, 0) is 20.9 Å². The van der Waals surface area contributed by atoms with Gasteiger partial charge in [0.25, 0.3) is 0 Å². The molecule has 0 spiro atoms. The smallest absolute Gasteiger partial charge is 0.329 e. The fraction of sp³-hybridized carbons (Fsp3) is 0.421. The minimum Gasteiger partial charge on any atom is -0.458 e. The van der Waals surface area contributed by atoms with E-state index in [4.69, 9.17) is 16.3 Å². The highest BCUT2D eigenvalue weighted by Gasteiger charge is 2.32. The zero-order chi connectivity index (χ0) is 18.5. The number of amides is 1. The van der Waals surface area contributed by atoms with Crippen molar-refractivity contribution in [2.24, 2.45) is 5.92 Å². The number of carbonyl (C=O) groups excluding carboxylic acids is 2. The average Bonchev–Trinajstić information content (AvgIpc) is 3.29. The summed E-state index contributed by atoms with van der Waals surface area (Å²) < 4.78 is 5.44. The summed E-state index contributed by atoms with van der Waals surface area (Å²) in [5.74, 6) is -0.451. The van der Waals surface area contributed by atoms with Gasteiger partial charge in [-0.2, -0.15) is 0 Å². The van der Waals surface area contributed by atoms with Crippen LogP contribution < -0.4 is 5.32 Å². The maximum absolute atomic E-state index is 12.5. The van der Waals surface area contributed by atoms with Crippen LogP contribution >= 0.6 is 22.9 Å². The molecular formula is C19H21ClN2O3S. The van der Waals surface area contributed by atoms with Gasteiger partial charge in [-0.3, -0.25) is 4.79 Å². The molecule has 1 amide bonds. The number of carbonyl (C=O) groups is 2. The van der Waals surface area contributed by atoms with Gasteiger partial charge in [0, 0.05) is 17.9 Å². The zero-order valence-corrected chi connectivity index (χ0v) is 16.1. The van der Waals surface area contributed by atoms with Crippen molar-refractivity contribution in [1.29, 1.82) is 0 Å². The largest absolute Gasteiger partial charge is 0.458 e. The fourth-order valence-corrected chi connectivity index (χ4v) is 4.37. The number of halogens is 1. The number of nitrogens with one attached hydrogen (secondary N) is 1. The maximum Gasteiger partial charge on any atom is 0.329 e. The van der Waals surface area contributed by atoms with Crippen molar-refractivity contribution in [3.05, 3.63) is 40.4 Å². The Kier molecular flexibility index (Phi) is 6.27. The number of nitrogens with zero attached hydrogens (tertiary/aromatic N) is 1. The standard InChI is InChI=1S/C19H21ClN2O3S/c1-12(23)21-17(13-6-2-3-7-13)19(24)25-10-14-11-26-18(22-14)15-8-4-5-9-16(15)20/h4-5,8-9,11,13,17H,2-3,6-7,10H2,1H3,(H,21,23). The Hall–Kier alpha value is -1.92. The number of aromatic nitrogens is 1. The summed E-state index contributed by atoms with van der Waals surface area (Å²) >= 11 is 7.66. The highest BCUT2D eigenvalue weighted by Crippen LogP contribution is 2.31. The first kappa shape index (κ1) is 18.9. The van der Waals surface area contributed by atoms with E-state index in [9.17, 15) is 9.59 Å². The second kappa shape index (κ2) is 8.64. The molecule has 0 saturated heterocycles. The predicted molar refractivity (Wildman–Crippen MR) is 102 cm³/mol. The van der Waals surface area contributed by atoms with E-state index in [2.05, 4.69) is 10.3 Å². The summed E-state index contributed by atoms with van der Waals surface area (Å²) in [6, 6.07) is 6.92. The summed E-state index contributed by atoms with van der Waals surface area (Å²) in [5.41, 5.74) is 1.53. The van der Waals surface area contributed by atoms with Crippen LogP contribution in [0.4, 0.5) is 0 Å². The molecule has 1 fully saturated rings. The maximum atomic E-state index is 12.5. The SMILES string of the molecule is CC(=O)NC(C(=O)OCc1csc(-c2ccccc2Cl)n1)C1CCCC1. The third-order valence-electron chi connectivity index (χ3n) is 4.50. The van der Waals surface area contributed by atoms with Crippen molar-refractivity contribution in [3.8, 4) is 10.6 Å². The molecular weight excluding hydrogens is 372 g/mol. The van der Waals surface area contributed by atoms with E-state index in [0.29, 0.717) is 10.7 Å². The first-order chi connectivity index (χ1) is 12.5. The number of hydrogen-bond donors (Lipinski definition) is 1. The molecule has 0 bridgehead atoms. The van der Waals surface area contributed by atoms with Crippen LogP contribution in [0.15, 0.2) is 29.6 Å². The van der Waals surface area contributed by atoms with E-state index >= 15 is 0 Å². The summed E-state index contributed by atoms with van der Waals surface area (Å²) in [6.07, 6.45) is 4.05. The Balaban J connectivity index is 1.63. The van der Waals surface area contributed by atoms with Crippen molar-refractivity contribution in [2.75, 3.05) is 0 Å². The van der Waals surface area contributed by atoms with Gasteiger partial charge in [0.2, 0.25) is 5.91 Å². The molecule has 1 aromatic carbocycles. The first-order valence-electron chi connectivity index (χ1n) is 8.67. The van der Waals surface area contributed by atoms with Gasteiger partial charge >= 0.3 is 5.97 Å². The zero-order valence-electron chi connectivity index (χ0n) is 14.5. The minimum atomic E-state index is -0.573. The van der Waals surface area contributed by atoms with Gasteiger partial charge < -0.3 is 10.1 Å². The van der Waals surface area contributed by atoms with Gasteiger partial charge in [-0.05, 0) is 24.8 Å². The highest BCUT2D eigenvalue weighted by molar-refractivity contribution is 7.13. The van der Waals surface area contributed by atoms with Crippen molar-refractivity contribution in [2.45, 2.75) is 45.3 Å². The molecule has 1 saturated carbocycles. The third kappa shape index (κ3) is 4.62. The van der Waals surface area contributed by atoms with Crippen LogP contribution in [-0.4, -0.2) is 22.9 Å². The number of esters is 1. The molecule has 1 unspecified atom stereocenters. The minimum absolute atomic E-state index is 0.0859. The lowest BCUT2D eigenvalue weighted by Gasteiger charge is -2.22. The number of rotatable bonds is 6. The lowest BCUT2D eigenvalue weighted by molar-refractivity contribution is -0.150. The molecule has 138 valence electrons. The summed E-state index contributed by atoms with van der Waals surface area (Å²) in [7, 11) is 0. The number of hydrogen-bond acceptors (Lipinski definition) is 5. The molecule has 1 atom stereocenters. The summed E-state index contributed by atoms with van der Waals surface area (Å²) in [4.78, 5) is 28.4. The lowest BCUT2D eigenvalue weighted by atomic mass is 9.98.